The Kier molecular flexibility index (Phi) is 4.39. The number of aryl methyl sites for hydroxylation is 2. The van der Waals surface area contributed by atoms with Crippen LogP contribution in [0.25, 0.3) is 11.5 Å². The molecule has 10 heteroatoms. The number of aromatic nitrogens is 5. The van der Waals surface area contributed by atoms with Crippen LogP contribution in [0.15, 0.2) is 27.6 Å². The monoisotopic (exact) mass is 409 g/mol. The predicted molar refractivity (Wildman–Crippen MR) is 104 cm³/mol. The zero-order valence-electron chi connectivity index (χ0n) is 17.2. The zero-order valence-corrected chi connectivity index (χ0v) is 17.2. The summed E-state index contributed by atoms with van der Waals surface area (Å²) < 4.78 is 10.9. The Bertz CT molecular complexity index is 1060. The van der Waals surface area contributed by atoms with Crippen LogP contribution in [0.1, 0.15) is 40.0 Å². The largest absolute Gasteiger partial charge is 0.361 e. The van der Waals surface area contributed by atoms with Gasteiger partial charge in [-0.05, 0) is 33.9 Å². The van der Waals surface area contributed by atoms with E-state index >= 15 is 0 Å². The Labute approximate surface area is 173 Å². The topological polar surface area (TPSA) is 114 Å². The van der Waals surface area contributed by atoms with Crippen molar-refractivity contribution in [2.24, 2.45) is 5.41 Å². The van der Waals surface area contributed by atoms with Crippen molar-refractivity contribution < 1.29 is 13.8 Å². The molecule has 30 heavy (non-hydrogen) atoms. The summed E-state index contributed by atoms with van der Waals surface area (Å²) in [7, 11) is 2.10. The Morgan fingerprint density at radius 3 is 2.73 bits per heavy atom. The summed E-state index contributed by atoms with van der Waals surface area (Å²) in [6.07, 6.45) is 5.76. The van der Waals surface area contributed by atoms with Gasteiger partial charge in [-0.2, -0.15) is 4.98 Å². The second-order valence-electron chi connectivity index (χ2n) is 8.33. The molecule has 0 unspecified atom stereocenters. The highest BCUT2D eigenvalue weighted by atomic mass is 16.5. The first-order valence-corrected chi connectivity index (χ1v) is 9.97. The first-order valence-electron chi connectivity index (χ1n) is 9.97. The molecule has 0 N–H and O–H groups in total. The molecule has 156 valence electrons. The van der Waals surface area contributed by atoms with Crippen molar-refractivity contribution in [3.8, 4) is 11.5 Å². The number of nitrogens with zero attached hydrogens (tertiary/aromatic N) is 7. The molecule has 0 bridgehead atoms. The molecule has 10 nitrogen and oxygen atoms in total. The van der Waals surface area contributed by atoms with E-state index in [4.69, 9.17) is 9.05 Å². The van der Waals surface area contributed by atoms with Crippen LogP contribution in [0, 0.1) is 19.3 Å². The van der Waals surface area contributed by atoms with Crippen molar-refractivity contribution in [2.75, 3.05) is 33.2 Å². The van der Waals surface area contributed by atoms with Crippen LogP contribution >= 0.6 is 0 Å². The van der Waals surface area contributed by atoms with E-state index in [0.717, 1.165) is 19.5 Å². The standard InChI is InChI=1S/C20H23N7O3/c1-12-16(13(2)29-24-12)19(28)27-9-14(20(11-27)4-7-26(3)10-20)18-23-17(25-30-18)15-8-21-5-6-22-15/h5-6,8,14H,4,7,9-11H2,1-3H3/t14-,20-/m0/s1. The molecule has 5 heterocycles. The molecule has 0 aliphatic carbocycles. The van der Waals surface area contributed by atoms with Crippen LogP contribution in [0.5, 0.6) is 0 Å². The van der Waals surface area contributed by atoms with Crippen molar-refractivity contribution in [1.82, 2.24) is 35.1 Å². The SMILES string of the molecule is Cc1noc(C)c1C(=O)N1C[C@@H](c2nc(-c3cnccn3)no2)[C@]2(CCN(C)C2)C1. The van der Waals surface area contributed by atoms with E-state index in [1.54, 1.807) is 32.4 Å². The smallest absolute Gasteiger partial charge is 0.259 e. The summed E-state index contributed by atoms with van der Waals surface area (Å²) in [5.41, 5.74) is 1.59. The molecule has 0 radical (unpaired) electrons. The van der Waals surface area contributed by atoms with Gasteiger partial charge in [-0.3, -0.25) is 9.78 Å². The summed E-state index contributed by atoms with van der Waals surface area (Å²) >= 11 is 0. The number of hydrogen-bond donors (Lipinski definition) is 0. The number of hydrogen-bond acceptors (Lipinski definition) is 9. The molecular weight excluding hydrogens is 386 g/mol. The van der Waals surface area contributed by atoms with Gasteiger partial charge < -0.3 is 18.8 Å². The summed E-state index contributed by atoms with van der Waals surface area (Å²) in [4.78, 5) is 30.4. The van der Waals surface area contributed by atoms with Crippen molar-refractivity contribution in [3.05, 3.63) is 41.5 Å². The van der Waals surface area contributed by atoms with Crippen LogP contribution < -0.4 is 0 Å². The number of carbonyl (C=O) groups is 1. The summed E-state index contributed by atoms with van der Waals surface area (Å²) in [6.45, 7) is 6.54. The van der Waals surface area contributed by atoms with Gasteiger partial charge in [0.05, 0.1) is 17.8 Å². The van der Waals surface area contributed by atoms with E-state index in [2.05, 4.69) is 37.2 Å². The molecule has 3 aromatic rings. The molecule has 0 saturated carbocycles. The fraction of sp³-hybridized carbons (Fsp3) is 0.500. The van der Waals surface area contributed by atoms with E-state index in [9.17, 15) is 4.79 Å². The lowest BCUT2D eigenvalue weighted by molar-refractivity contribution is 0.0771. The second-order valence-corrected chi connectivity index (χ2v) is 8.33. The quantitative estimate of drug-likeness (QED) is 0.637. The van der Waals surface area contributed by atoms with E-state index in [-0.39, 0.29) is 17.2 Å². The molecule has 2 aliphatic rings. The van der Waals surface area contributed by atoms with Crippen molar-refractivity contribution in [3.63, 3.8) is 0 Å². The van der Waals surface area contributed by atoms with Crippen LogP contribution in [0.4, 0.5) is 0 Å². The lowest BCUT2D eigenvalue weighted by Gasteiger charge is -2.27. The third kappa shape index (κ3) is 2.98. The number of rotatable bonds is 3. The van der Waals surface area contributed by atoms with Gasteiger partial charge in [-0.15, -0.1) is 0 Å². The summed E-state index contributed by atoms with van der Waals surface area (Å²) in [5.74, 6) is 1.39. The highest BCUT2D eigenvalue weighted by molar-refractivity contribution is 5.96. The number of carbonyl (C=O) groups excluding carboxylic acids is 1. The van der Waals surface area contributed by atoms with Crippen molar-refractivity contribution in [2.45, 2.75) is 26.2 Å². The highest BCUT2D eigenvalue weighted by Gasteiger charge is 2.54. The Morgan fingerprint density at radius 1 is 1.20 bits per heavy atom. The normalized spacial score (nSPS) is 24.2. The predicted octanol–water partition coefficient (Wildman–Crippen LogP) is 1.69. The van der Waals surface area contributed by atoms with Gasteiger partial charge >= 0.3 is 0 Å². The van der Waals surface area contributed by atoms with Crippen molar-refractivity contribution in [1.29, 1.82) is 0 Å². The van der Waals surface area contributed by atoms with Crippen molar-refractivity contribution >= 4 is 5.91 Å². The average Bonchev–Trinajstić information content (AvgIpc) is 3.51. The minimum Gasteiger partial charge on any atom is -0.361 e. The van der Waals surface area contributed by atoms with Gasteiger partial charge in [0.15, 0.2) is 0 Å². The molecule has 2 atom stereocenters. The molecule has 1 spiro atoms. The van der Waals surface area contributed by atoms with Gasteiger partial charge in [0.2, 0.25) is 11.7 Å². The molecule has 0 aromatic carbocycles. The first kappa shape index (κ1) is 18.9. The van der Waals surface area contributed by atoms with E-state index in [0.29, 0.717) is 47.5 Å². The maximum atomic E-state index is 13.3. The summed E-state index contributed by atoms with van der Waals surface area (Å²) in [5, 5.41) is 8.06. The fourth-order valence-electron chi connectivity index (χ4n) is 4.83. The van der Waals surface area contributed by atoms with Gasteiger partial charge in [0, 0.05) is 37.4 Å². The first-order chi connectivity index (χ1) is 14.5. The number of amides is 1. The molecule has 2 fully saturated rings. The minimum absolute atomic E-state index is 0.0511. The maximum absolute atomic E-state index is 13.3. The van der Waals surface area contributed by atoms with Gasteiger partial charge in [-0.1, -0.05) is 10.3 Å². The second kappa shape index (κ2) is 6.98. The fourth-order valence-corrected chi connectivity index (χ4v) is 4.83. The van der Waals surface area contributed by atoms with Crippen LogP contribution in [0.2, 0.25) is 0 Å². The van der Waals surface area contributed by atoms with Crippen LogP contribution in [0.3, 0.4) is 0 Å². The third-order valence-electron chi connectivity index (χ3n) is 6.29. The third-order valence-corrected chi connectivity index (χ3v) is 6.29. The van der Waals surface area contributed by atoms with E-state index in [1.165, 1.54) is 0 Å². The molecule has 3 aromatic heterocycles. The Morgan fingerprint density at radius 2 is 2.07 bits per heavy atom. The number of likely N-dealkylation sites (tertiary alicyclic amines) is 2. The molecule has 2 saturated heterocycles. The summed E-state index contributed by atoms with van der Waals surface area (Å²) in [6, 6.07) is 0. The van der Waals surface area contributed by atoms with E-state index in [1.807, 2.05) is 4.90 Å². The van der Waals surface area contributed by atoms with Crippen LogP contribution in [-0.4, -0.2) is 74.2 Å². The lowest BCUT2D eigenvalue weighted by Crippen LogP contribution is -2.34. The zero-order chi connectivity index (χ0) is 20.9. The van der Waals surface area contributed by atoms with Gasteiger partial charge in [0.25, 0.3) is 5.91 Å². The Balaban J connectivity index is 1.48. The van der Waals surface area contributed by atoms with Crippen LogP contribution in [-0.2, 0) is 0 Å². The molecule has 2 aliphatic heterocycles. The van der Waals surface area contributed by atoms with Gasteiger partial charge in [0.1, 0.15) is 17.0 Å². The van der Waals surface area contributed by atoms with E-state index < -0.39 is 0 Å². The lowest BCUT2D eigenvalue weighted by atomic mass is 9.77. The maximum Gasteiger partial charge on any atom is 0.259 e. The van der Waals surface area contributed by atoms with Gasteiger partial charge in [-0.25, -0.2) is 4.98 Å². The molecule has 5 rings (SSSR count). The minimum atomic E-state index is -0.129. The Hall–Kier alpha value is -3.14. The highest BCUT2D eigenvalue weighted by Crippen LogP contribution is 2.49. The molecule has 1 amide bonds. The molecular formula is C20H23N7O3. The average molecular weight is 409 g/mol.